The molecule has 0 N–H and O–H groups in total. The number of carbonyl (C=O) groups excluding carboxylic acids is 1. The molecular formula is C14H16BrClN2O3. The van der Waals surface area contributed by atoms with E-state index >= 15 is 0 Å². The van der Waals surface area contributed by atoms with Gasteiger partial charge in [-0.25, -0.2) is 4.98 Å². The van der Waals surface area contributed by atoms with E-state index in [4.69, 9.17) is 21.1 Å². The molecule has 2 aliphatic heterocycles. The lowest BCUT2D eigenvalue weighted by atomic mass is 9.96. The Bertz CT molecular complexity index is 529. The number of ether oxygens (including phenoxy) is 2. The van der Waals surface area contributed by atoms with Gasteiger partial charge in [0.2, 0.25) is 0 Å². The number of aromatic nitrogens is 1. The smallest absolute Gasteiger partial charge is 0.257 e. The summed E-state index contributed by atoms with van der Waals surface area (Å²) in [5.74, 6) is 0.299. The summed E-state index contributed by atoms with van der Waals surface area (Å²) in [5, 5.41) is 0.243. The number of pyridine rings is 1. The maximum Gasteiger partial charge on any atom is 0.257 e. The predicted octanol–water partition coefficient (Wildman–Crippen LogP) is 2.72. The van der Waals surface area contributed by atoms with Gasteiger partial charge in [0.25, 0.3) is 5.91 Å². The number of carbonyl (C=O) groups is 1. The number of hydrogen-bond donors (Lipinski definition) is 0. The van der Waals surface area contributed by atoms with Gasteiger partial charge in [-0.1, -0.05) is 11.6 Å². The highest BCUT2D eigenvalue weighted by atomic mass is 79.9. The average molecular weight is 376 g/mol. The van der Waals surface area contributed by atoms with Crippen molar-refractivity contribution >= 4 is 33.4 Å². The summed E-state index contributed by atoms with van der Waals surface area (Å²) >= 11 is 9.34. The van der Waals surface area contributed by atoms with E-state index in [1.807, 2.05) is 4.90 Å². The zero-order valence-electron chi connectivity index (χ0n) is 11.4. The third-order valence-electron chi connectivity index (χ3n) is 3.90. The molecule has 3 heterocycles. The number of piperidine rings is 1. The topological polar surface area (TPSA) is 51.7 Å². The van der Waals surface area contributed by atoms with Crippen molar-refractivity contribution in [2.75, 3.05) is 26.3 Å². The quantitative estimate of drug-likeness (QED) is 0.746. The highest BCUT2D eigenvalue weighted by Gasteiger charge is 2.32. The van der Waals surface area contributed by atoms with Crippen LogP contribution in [0.1, 0.15) is 23.2 Å². The number of nitrogens with zero attached hydrogens (tertiary/aromatic N) is 2. The lowest BCUT2D eigenvalue weighted by Gasteiger charge is -2.34. The van der Waals surface area contributed by atoms with Gasteiger partial charge in [-0.15, -0.1) is 0 Å². The molecule has 0 bridgehead atoms. The van der Waals surface area contributed by atoms with Gasteiger partial charge in [-0.05, 0) is 34.8 Å². The molecule has 0 aromatic carbocycles. The zero-order chi connectivity index (χ0) is 14.8. The minimum Gasteiger partial charge on any atom is -0.350 e. The molecule has 0 radical (unpaired) electrons. The Hall–Kier alpha value is -0.690. The van der Waals surface area contributed by atoms with Crippen molar-refractivity contribution in [2.24, 2.45) is 5.92 Å². The summed E-state index contributed by atoms with van der Waals surface area (Å²) in [7, 11) is 0. The molecular weight excluding hydrogens is 360 g/mol. The second-order valence-electron chi connectivity index (χ2n) is 5.23. The summed E-state index contributed by atoms with van der Waals surface area (Å²) in [4.78, 5) is 18.3. The van der Waals surface area contributed by atoms with Crippen LogP contribution in [0, 0.1) is 5.92 Å². The molecule has 21 heavy (non-hydrogen) atoms. The molecule has 0 atom stereocenters. The molecule has 0 aliphatic carbocycles. The lowest BCUT2D eigenvalue weighted by Crippen LogP contribution is -2.41. The number of rotatable bonds is 2. The van der Waals surface area contributed by atoms with Crippen LogP contribution >= 0.6 is 27.5 Å². The van der Waals surface area contributed by atoms with Gasteiger partial charge < -0.3 is 14.4 Å². The van der Waals surface area contributed by atoms with Gasteiger partial charge in [-0.3, -0.25) is 4.79 Å². The van der Waals surface area contributed by atoms with Gasteiger partial charge >= 0.3 is 0 Å². The van der Waals surface area contributed by atoms with E-state index in [2.05, 4.69) is 20.9 Å². The minimum atomic E-state index is -0.0987. The maximum absolute atomic E-state index is 12.5. The highest BCUT2D eigenvalue weighted by molar-refractivity contribution is 9.10. The third kappa shape index (κ3) is 3.39. The number of amides is 1. The van der Waals surface area contributed by atoms with Crippen molar-refractivity contribution in [3.8, 4) is 0 Å². The molecule has 1 amide bonds. The van der Waals surface area contributed by atoms with Crippen molar-refractivity contribution in [2.45, 2.75) is 19.1 Å². The van der Waals surface area contributed by atoms with Crippen molar-refractivity contribution in [1.29, 1.82) is 0 Å². The van der Waals surface area contributed by atoms with Crippen molar-refractivity contribution in [3.05, 3.63) is 27.5 Å². The molecule has 2 aliphatic rings. The second-order valence-corrected chi connectivity index (χ2v) is 6.51. The van der Waals surface area contributed by atoms with Crippen LogP contribution in [-0.4, -0.2) is 48.4 Å². The van der Waals surface area contributed by atoms with Crippen LogP contribution in [-0.2, 0) is 9.47 Å². The van der Waals surface area contributed by atoms with Crippen LogP contribution < -0.4 is 0 Å². The molecule has 1 aromatic heterocycles. The summed E-state index contributed by atoms with van der Waals surface area (Å²) in [6, 6.07) is 1.72. The first-order valence-corrected chi connectivity index (χ1v) is 8.16. The van der Waals surface area contributed by atoms with Crippen LogP contribution in [0.5, 0.6) is 0 Å². The highest BCUT2D eigenvalue weighted by Crippen LogP contribution is 2.27. The van der Waals surface area contributed by atoms with Crippen molar-refractivity contribution in [3.63, 3.8) is 0 Å². The van der Waals surface area contributed by atoms with Crippen LogP contribution in [0.25, 0.3) is 0 Å². The Morgan fingerprint density at radius 3 is 2.67 bits per heavy atom. The fourth-order valence-electron chi connectivity index (χ4n) is 2.77. The molecule has 7 heteroatoms. The normalized spacial score (nSPS) is 21.0. The molecule has 114 valence electrons. The van der Waals surface area contributed by atoms with E-state index in [9.17, 15) is 4.79 Å². The largest absolute Gasteiger partial charge is 0.350 e. The Morgan fingerprint density at radius 2 is 2.00 bits per heavy atom. The number of hydrogen-bond acceptors (Lipinski definition) is 4. The van der Waals surface area contributed by atoms with E-state index in [-0.39, 0.29) is 17.4 Å². The van der Waals surface area contributed by atoms with Gasteiger partial charge in [0.05, 0.1) is 18.8 Å². The zero-order valence-corrected chi connectivity index (χ0v) is 13.8. The van der Waals surface area contributed by atoms with E-state index in [0.717, 1.165) is 17.3 Å². The molecule has 0 spiro atoms. The van der Waals surface area contributed by atoms with Crippen LogP contribution in [0.2, 0.25) is 5.15 Å². The molecule has 3 rings (SSSR count). The monoisotopic (exact) mass is 374 g/mol. The van der Waals surface area contributed by atoms with Gasteiger partial charge in [0.15, 0.2) is 6.29 Å². The Labute approximate surface area is 136 Å². The average Bonchev–Trinajstić information content (AvgIpc) is 3.03. The summed E-state index contributed by atoms with van der Waals surface area (Å²) in [6.07, 6.45) is 3.25. The van der Waals surface area contributed by atoms with Gasteiger partial charge in [-0.2, -0.15) is 0 Å². The third-order valence-corrected chi connectivity index (χ3v) is 4.63. The fourth-order valence-corrected chi connectivity index (χ4v) is 3.28. The lowest BCUT2D eigenvalue weighted by molar-refractivity contribution is -0.0956. The summed E-state index contributed by atoms with van der Waals surface area (Å²) < 4.78 is 11.8. The first kappa shape index (κ1) is 15.2. The minimum absolute atomic E-state index is 0.0690. The standard InChI is InChI=1S/C14H16BrClN2O3/c15-10-7-11(12(16)17-8-10)13(19)18-3-1-9(2-4-18)14-20-5-6-21-14/h7-9,14H,1-6H2. The number of halogens is 2. The first-order chi connectivity index (χ1) is 10.1. The van der Waals surface area contributed by atoms with Crippen molar-refractivity contribution in [1.82, 2.24) is 9.88 Å². The molecule has 2 saturated heterocycles. The number of likely N-dealkylation sites (tertiary alicyclic amines) is 1. The van der Waals surface area contributed by atoms with E-state index in [0.29, 0.717) is 37.8 Å². The van der Waals surface area contributed by atoms with Crippen LogP contribution in [0.3, 0.4) is 0 Å². The summed E-state index contributed by atoms with van der Waals surface area (Å²) in [6.45, 7) is 2.72. The first-order valence-electron chi connectivity index (χ1n) is 6.98. The summed E-state index contributed by atoms with van der Waals surface area (Å²) in [5.41, 5.74) is 0.442. The molecule has 0 unspecified atom stereocenters. The predicted molar refractivity (Wildman–Crippen MR) is 81.3 cm³/mol. The molecule has 5 nitrogen and oxygen atoms in total. The molecule has 1 aromatic rings. The van der Waals surface area contributed by atoms with Crippen LogP contribution in [0.15, 0.2) is 16.7 Å². The molecule has 0 saturated carbocycles. The maximum atomic E-state index is 12.5. The van der Waals surface area contributed by atoms with E-state index in [1.165, 1.54) is 0 Å². The Kier molecular flexibility index (Phi) is 4.78. The van der Waals surface area contributed by atoms with Gasteiger partial charge in [0.1, 0.15) is 5.15 Å². The molecule has 2 fully saturated rings. The van der Waals surface area contributed by atoms with Crippen LogP contribution in [0.4, 0.5) is 0 Å². The van der Waals surface area contributed by atoms with E-state index in [1.54, 1.807) is 12.3 Å². The fraction of sp³-hybridized carbons (Fsp3) is 0.571. The second kappa shape index (κ2) is 6.60. The van der Waals surface area contributed by atoms with Crippen molar-refractivity contribution < 1.29 is 14.3 Å². The Morgan fingerprint density at radius 1 is 1.33 bits per heavy atom. The van der Waals surface area contributed by atoms with Gasteiger partial charge in [0, 0.05) is 29.7 Å². The Balaban J connectivity index is 1.63. The SMILES string of the molecule is O=C(c1cc(Br)cnc1Cl)N1CCC(C2OCCO2)CC1. The van der Waals surface area contributed by atoms with E-state index < -0.39 is 0 Å².